The molecule has 0 aliphatic carbocycles. The fourth-order valence-corrected chi connectivity index (χ4v) is 2.86. The van der Waals surface area contributed by atoms with Crippen molar-refractivity contribution < 1.29 is 0 Å². The van der Waals surface area contributed by atoms with Crippen LogP contribution in [0.5, 0.6) is 0 Å². The van der Waals surface area contributed by atoms with Crippen LogP contribution in [0.2, 0.25) is 0 Å². The molecule has 2 aromatic rings. The van der Waals surface area contributed by atoms with Crippen LogP contribution in [0, 0.1) is 0 Å². The monoisotopic (exact) mass is 331 g/mol. The van der Waals surface area contributed by atoms with E-state index < -0.39 is 0 Å². The second kappa shape index (κ2) is 7.05. The third-order valence-electron chi connectivity index (χ3n) is 3.63. The highest BCUT2D eigenvalue weighted by Crippen LogP contribution is 2.23. The van der Waals surface area contributed by atoms with Crippen molar-refractivity contribution in [3.63, 3.8) is 0 Å². The topological polar surface area (TPSA) is 12.0 Å². The van der Waals surface area contributed by atoms with Crippen LogP contribution in [0.3, 0.4) is 0 Å². The van der Waals surface area contributed by atoms with Crippen LogP contribution >= 0.6 is 15.9 Å². The lowest BCUT2D eigenvalue weighted by Crippen LogP contribution is -2.18. The average molecular weight is 332 g/mol. The molecule has 0 saturated carbocycles. The Balaban J connectivity index is 1.96. The summed E-state index contributed by atoms with van der Waals surface area (Å²) in [5, 5.41) is 3.57. The van der Waals surface area contributed by atoms with Gasteiger partial charge in [0.2, 0.25) is 0 Å². The molecule has 0 aromatic heterocycles. The Labute approximate surface area is 130 Å². The van der Waals surface area contributed by atoms with Crippen molar-refractivity contribution in [2.24, 2.45) is 0 Å². The van der Waals surface area contributed by atoms with Crippen LogP contribution in [-0.2, 0) is 6.54 Å². The molecule has 20 heavy (non-hydrogen) atoms. The van der Waals surface area contributed by atoms with Crippen LogP contribution in [0.4, 0.5) is 0 Å². The summed E-state index contributed by atoms with van der Waals surface area (Å²) < 4.78 is 1.16. The van der Waals surface area contributed by atoms with Crippen molar-refractivity contribution in [1.82, 2.24) is 5.32 Å². The molecule has 1 atom stereocenters. The van der Waals surface area contributed by atoms with Crippen molar-refractivity contribution in [1.29, 1.82) is 0 Å². The summed E-state index contributed by atoms with van der Waals surface area (Å²) in [6, 6.07) is 17.6. The van der Waals surface area contributed by atoms with Crippen molar-refractivity contribution in [3.8, 4) is 0 Å². The van der Waals surface area contributed by atoms with Crippen molar-refractivity contribution in [2.75, 3.05) is 0 Å². The van der Waals surface area contributed by atoms with Crippen LogP contribution in [0.25, 0.3) is 0 Å². The number of hydrogen-bond donors (Lipinski definition) is 1. The largest absolute Gasteiger partial charge is 0.306 e. The van der Waals surface area contributed by atoms with E-state index in [-0.39, 0.29) is 0 Å². The second-order valence-corrected chi connectivity index (χ2v) is 6.37. The first-order chi connectivity index (χ1) is 9.58. The second-order valence-electron chi connectivity index (χ2n) is 5.52. The number of halogens is 1. The first kappa shape index (κ1) is 15.3. The highest BCUT2D eigenvalue weighted by molar-refractivity contribution is 9.10. The summed E-state index contributed by atoms with van der Waals surface area (Å²) in [6.45, 7) is 7.54. The van der Waals surface area contributed by atoms with E-state index in [0.29, 0.717) is 12.0 Å². The third-order valence-corrected chi connectivity index (χ3v) is 4.35. The van der Waals surface area contributed by atoms with E-state index >= 15 is 0 Å². The first-order valence-electron chi connectivity index (χ1n) is 7.14. The van der Waals surface area contributed by atoms with Crippen LogP contribution in [-0.4, -0.2) is 0 Å². The van der Waals surface area contributed by atoms with E-state index in [1.807, 2.05) is 6.07 Å². The molecule has 1 nitrogen and oxygen atoms in total. The fourth-order valence-electron chi connectivity index (χ4n) is 2.23. The lowest BCUT2D eigenvalue weighted by atomic mass is 10.0. The molecule has 1 N–H and O–H groups in total. The minimum absolute atomic E-state index is 0.329. The maximum absolute atomic E-state index is 3.61. The number of nitrogens with one attached hydrogen (secondary N) is 1. The molecule has 2 rings (SSSR count). The number of rotatable bonds is 5. The molecular formula is C18H22BrN. The van der Waals surface area contributed by atoms with E-state index in [1.165, 1.54) is 16.7 Å². The highest BCUT2D eigenvalue weighted by atomic mass is 79.9. The minimum Gasteiger partial charge on any atom is -0.306 e. The Morgan fingerprint density at radius 1 is 0.950 bits per heavy atom. The van der Waals surface area contributed by atoms with Gasteiger partial charge in [-0.05, 0) is 35.6 Å². The molecule has 2 aromatic carbocycles. The summed E-state index contributed by atoms with van der Waals surface area (Å²) in [6.07, 6.45) is 0. The van der Waals surface area contributed by atoms with Crippen LogP contribution < -0.4 is 5.32 Å². The van der Waals surface area contributed by atoms with Crippen molar-refractivity contribution in [3.05, 3.63) is 69.7 Å². The van der Waals surface area contributed by atoms with Gasteiger partial charge < -0.3 is 5.32 Å². The predicted molar refractivity (Wildman–Crippen MR) is 89.9 cm³/mol. The van der Waals surface area contributed by atoms with Gasteiger partial charge in [-0.3, -0.25) is 0 Å². The third kappa shape index (κ3) is 3.94. The van der Waals surface area contributed by atoms with Gasteiger partial charge >= 0.3 is 0 Å². The molecule has 0 saturated heterocycles. The number of hydrogen-bond acceptors (Lipinski definition) is 1. The maximum Gasteiger partial charge on any atom is 0.0306 e. The van der Waals surface area contributed by atoms with Gasteiger partial charge in [0.1, 0.15) is 0 Å². The highest BCUT2D eigenvalue weighted by Gasteiger charge is 2.08. The van der Waals surface area contributed by atoms with E-state index in [2.05, 4.69) is 84.5 Å². The Morgan fingerprint density at radius 2 is 1.60 bits per heavy atom. The Kier molecular flexibility index (Phi) is 5.38. The van der Waals surface area contributed by atoms with Gasteiger partial charge in [0.25, 0.3) is 0 Å². The first-order valence-corrected chi connectivity index (χ1v) is 7.94. The van der Waals surface area contributed by atoms with Gasteiger partial charge in [-0.25, -0.2) is 0 Å². The van der Waals surface area contributed by atoms with E-state index in [0.717, 1.165) is 11.0 Å². The molecular weight excluding hydrogens is 310 g/mol. The summed E-state index contributed by atoms with van der Waals surface area (Å²) in [7, 11) is 0. The summed E-state index contributed by atoms with van der Waals surface area (Å²) in [5.41, 5.74) is 4.02. The molecule has 0 aliphatic heterocycles. The zero-order valence-corrected chi connectivity index (χ0v) is 13.9. The molecule has 0 fully saturated rings. The molecule has 0 unspecified atom stereocenters. The maximum atomic E-state index is 3.61. The molecule has 0 radical (unpaired) electrons. The van der Waals surface area contributed by atoms with Gasteiger partial charge in [0, 0.05) is 17.1 Å². The van der Waals surface area contributed by atoms with E-state index in [9.17, 15) is 0 Å². The molecule has 0 heterocycles. The average Bonchev–Trinajstić information content (AvgIpc) is 2.45. The molecule has 106 valence electrons. The molecule has 0 aliphatic rings. The number of benzene rings is 2. The van der Waals surface area contributed by atoms with Crippen LogP contribution in [0.15, 0.2) is 53.0 Å². The van der Waals surface area contributed by atoms with Crippen molar-refractivity contribution in [2.45, 2.75) is 39.3 Å². The zero-order chi connectivity index (χ0) is 14.5. The van der Waals surface area contributed by atoms with Gasteiger partial charge in [-0.2, -0.15) is 0 Å². The Morgan fingerprint density at radius 3 is 2.20 bits per heavy atom. The quantitative estimate of drug-likeness (QED) is 0.770. The summed E-state index contributed by atoms with van der Waals surface area (Å²) in [4.78, 5) is 0. The predicted octanol–water partition coefficient (Wildman–Crippen LogP) is 5.42. The lowest BCUT2D eigenvalue weighted by molar-refractivity contribution is 0.572. The van der Waals surface area contributed by atoms with Gasteiger partial charge in [-0.15, -0.1) is 0 Å². The van der Waals surface area contributed by atoms with Gasteiger partial charge in [-0.1, -0.05) is 72.2 Å². The molecule has 0 bridgehead atoms. The normalized spacial score (nSPS) is 12.7. The summed E-state index contributed by atoms with van der Waals surface area (Å²) >= 11 is 3.61. The standard InChI is InChI=1S/C18H22BrN/c1-13(2)16-10-8-15(9-11-16)12-20-14(3)17-6-4-5-7-18(17)19/h4-11,13-14,20H,12H2,1-3H3/t14-/m1/s1. The Hall–Kier alpha value is -1.12. The summed E-state index contributed by atoms with van der Waals surface area (Å²) in [5.74, 6) is 0.594. The minimum atomic E-state index is 0.329. The molecule has 0 spiro atoms. The van der Waals surface area contributed by atoms with E-state index in [4.69, 9.17) is 0 Å². The molecule has 2 heteroatoms. The smallest absolute Gasteiger partial charge is 0.0306 e. The van der Waals surface area contributed by atoms with E-state index in [1.54, 1.807) is 0 Å². The van der Waals surface area contributed by atoms with Gasteiger partial charge in [0.15, 0.2) is 0 Å². The molecule has 0 amide bonds. The van der Waals surface area contributed by atoms with Gasteiger partial charge in [0.05, 0.1) is 0 Å². The Bertz CT molecular complexity index is 546. The lowest BCUT2D eigenvalue weighted by Gasteiger charge is -2.16. The SMILES string of the molecule is CC(C)c1ccc(CN[C@H](C)c2ccccc2Br)cc1. The fraction of sp³-hybridized carbons (Fsp3) is 0.333. The zero-order valence-electron chi connectivity index (χ0n) is 12.4. The van der Waals surface area contributed by atoms with Crippen LogP contribution in [0.1, 0.15) is 49.4 Å². The van der Waals surface area contributed by atoms with Crippen molar-refractivity contribution >= 4 is 15.9 Å².